The van der Waals surface area contributed by atoms with Crippen LogP contribution in [0.2, 0.25) is 0 Å². The number of anilines is 3. The molecule has 7 nitrogen and oxygen atoms in total. The number of benzene rings is 2. The Morgan fingerprint density at radius 2 is 1.70 bits per heavy atom. The monoisotopic (exact) mass is 409 g/mol. The number of rotatable bonds is 6. The van der Waals surface area contributed by atoms with E-state index in [1.165, 1.54) is 5.69 Å². The minimum atomic E-state index is 0.0181. The molecule has 0 atom stereocenters. The molecule has 7 heteroatoms. The van der Waals surface area contributed by atoms with Crippen LogP contribution in [0.1, 0.15) is 10.4 Å². The zero-order chi connectivity index (χ0) is 20.8. The van der Waals surface area contributed by atoms with Gasteiger partial charge in [0.25, 0.3) is 5.91 Å². The van der Waals surface area contributed by atoms with Crippen LogP contribution in [0.5, 0.6) is 0 Å². The van der Waals surface area contributed by atoms with Gasteiger partial charge < -0.3 is 25.6 Å². The maximum absolute atomic E-state index is 13.0. The van der Waals surface area contributed by atoms with Gasteiger partial charge in [0, 0.05) is 69.4 Å². The SMILES string of the molecule is Nc1ccc(NCCN2CCN(c3ccccc3)CC2)c(C(=O)N2CCOCC2)c1. The molecule has 2 fully saturated rings. The lowest BCUT2D eigenvalue weighted by Gasteiger charge is -2.36. The number of carbonyl (C=O) groups excluding carboxylic acids is 1. The number of para-hydroxylation sites is 1. The van der Waals surface area contributed by atoms with Gasteiger partial charge in [0.05, 0.1) is 18.8 Å². The number of amides is 1. The van der Waals surface area contributed by atoms with Crippen molar-refractivity contribution in [3.05, 3.63) is 54.1 Å². The fourth-order valence-electron chi connectivity index (χ4n) is 4.05. The highest BCUT2D eigenvalue weighted by Crippen LogP contribution is 2.22. The second kappa shape index (κ2) is 9.82. The molecule has 0 saturated carbocycles. The molecule has 2 aromatic carbocycles. The fraction of sp³-hybridized carbons (Fsp3) is 0.435. The number of ether oxygens (including phenoxy) is 1. The number of piperazine rings is 1. The van der Waals surface area contributed by atoms with Crippen LogP contribution >= 0.6 is 0 Å². The molecule has 0 spiro atoms. The number of hydrogen-bond acceptors (Lipinski definition) is 6. The second-order valence-corrected chi connectivity index (χ2v) is 7.80. The van der Waals surface area contributed by atoms with Crippen molar-refractivity contribution in [3.8, 4) is 0 Å². The largest absolute Gasteiger partial charge is 0.399 e. The summed E-state index contributed by atoms with van der Waals surface area (Å²) in [6.07, 6.45) is 0. The third kappa shape index (κ3) is 5.04. The van der Waals surface area contributed by atoms with Gasteiger partial charge >= 0.3 is 0 Å². The van der Waals surface area contributed by atoms with Crippen LogP contribution in [0.3, 0.4) is 0 Å². The Hall–Kier alpha value is -2.77. The molecule has 4 rings (SSSR count). The summed E-state index contributed by atoms with van der Waals surface area (Å²) < 4.78 is 5.36. The third-order valence-corrected chi connectivity index (χ3v) is 5.81. The predicted octanol–water partition coefficient (Wildman–Crippen LogP) is 1.98. The molecular formula is C23H31N5O2. The van der Waals surface area contributed by atoms with Crippen LogP contribution in [0.15, 0.2) is 48.5 Å². The summed E-state index contributed by atoms with van der Waals surface area (Å²) in [6.45, 7) is 8.31. The van der Waals surface area contributed by atoms with Crippen LogP contribution in [0, 0.1) is 0 Å². The van der Waals surface area contributed by atoms with E-state index in [9.17, 15) is 4.79 Å². The number of nitrogens with zero attached hydrogens (tertiary/aromatic N) is 3. The molecule has 160 valence electrons. The number of morpholine rings is 1. The van der Waals surface area contributed by atoms with Gasteiger partial charge in [-0.05, 0) is 30.3 Å². The minimum absolute atomic E-state index is 0.0181. The van der Waals surface area contributed by atoms with Crippen LogP contribution in [-0.2, 0) is 4.74 Å². The lowest BCUT2D eigenvalue weighted by Crippen LogP contribution is -2.47. The van der Waals surface area contributed by atoms with E-state index in [1.807, 2.05) is 17.0 Å². The highest BCUT2D eigenvalue weighted by atomic mass is 16.5. The average Bonchev–Trinajstić information content (AvgIpc) is 2.81. The predicted molar refractivity (Wildman–Crippen MR) is 121 cm³/mol. The third-order valence-electron chi connectivity index (χ3n) is 5.81. The number of carbonyl (C=O) groups is 1. The first-order valence-corrected chi connectivity index (χ1v) is 10.7. The van der Waals surface area contributed by atoms with Crippen molar-refractivity contribution < 1.29 is 9.53 Å². The maximum atomic E-state index is 13.0. The molecule has 2 aliphatic heterocycles. The number of nitrogens with two attached hydrogens (primary N) is 1. The zero-order valence-electron chi connectivity index (χ0n) is 17.4. The van der Waals surface area contributed by atoms with Gasteiger partial charge in [-0.15, -0.1) is 0 Å². The minimum Gasteiger partial charge on any atom is -0.399 e. The Morgan fingerprint density at radius 1 is 0.967 bits per heavy atom. The molecule has 1 amide bonds. The summed E-state index contributed by atoms with van der Waals surface area (Å²) in [7, 11) is 0. The summed E-state index contributed by atoms with van der Waals surface area (Å²) in [6, 6.07) is 16.1. The van der Waals surface area contributed by atoms with Gasteiger partial charge in [-0.1, -0.05) is 18.2 Å². The van der Waals surface area contributed by atoms with E-state index in [0.29, 0.717) is 37.6 Å². The van der Waals surface area contributed by atoms with E-state index in [4.69, 9.17) is 10.5 Å². The number of hydrogen-bond donors (Lipinski definition) is 2. The first-order chi connectivity index (χ1) is 14.7. The van der Waals surface area contributed by atoms with E-state index >= 15 is 0 Å². The Bertz CT molecular complexity index is 831. The lowest BCUT2D eigenvalue weighted by atomic mass is 10.1. The molecular weight excluding hydrogens is 378 g/mol. The van der Waals surface area contributed by atoms with Crippen LogP contribution in [0.25, 0.3) is 0 Å². The molecule has 0 bridgehead atoms. The van der Waals surface area contributed by atoms with Gasteiger partial charge in [0.15, 0.2) is 0 Å². The molecule has 3 N–H and O–H groups in total. The highest BCUT2D eigenvalue weighted by molar-refractivity contribution is 6.00. The summed E-state index contributed by atoms with van der Waals surface area (Å²) in [5, 5.41) is 3.46. The molecule has 0 radical (unpaired) electrons. The van der Waals surface area contributed by atoms with E-state index in [1.54, 1.807) is 6.07 Å². The topological polar surface area (TPSA) is 74.1 Å². The highest BCUT2D eigenvalue weighted by Gasteiger charge is 2.22. The number of nitrogen functional groups attached to an aromatic ring is 1. The Morgan fingerprint density at radius 3 is 2.43 bits per heavy atom. The van der Waals surface area contributed by atoms with Crippen molar-refractivity contribution in [3.63, 3.8) is 0 Å². The smallest absolute Gasteiger partial charge is 0.256 e. The van der Waals surface area contributed by atoms with E-state index < -0.39 is 0 Å². The number of nitrogens with one attached hydrogen (secondary N) is 1. The second-order valence-electron chi connectivity index (χ2n) is 7.80. The molecule has 2 aliphatic rings. The van der Waals surface area contributed by atoms with Crippen LogP contribution < -0.4 is 16.0 Å². The molecule has 2 saturated heterocycles. The quantitative estimate of drug-likeness (QED) is 0.711. The lowest BCUT2D eigenvalue weighted by molar-refractivity contribution is 0.0303. The van der Waals surface area contributed by atoms with Crippen LogP contribution in [-0.4, -0.2) is 81.3 Å². The van der Waals surface area contributed by atoms with Gasteiger partial charge in [0.1, 0.15) is 0 Å². The van der Waals surface area contributed by atoms with Crippen molar-refractivity contribution in [2.24, 2.45) is 0 Å². The van der Waals surface area contributed by atoms with Crippen molar-refractivity contribution in [2.75, 3.05) is 81.5 Å². The maximum Gasteiger partial charge on any atom is 0.256 e. The van der Waals surface area contributed by atoms with Gasteiger partial charge in [-0.2, -0.15) is 0 Å². The normalized spacial score (nSPS) is 17.7. The molecule has 0 aliphatic carbocycles. The van der Waals surface area contributed by atoms with E-state index in [2.05, 4.69) is 45.4 Å². The molecule has 0 aromatic heterocycles. The Labute approximate surface area is 178 Å². The first kappa shape index (κ1) is 20.5. The molecule has 2 aromatic rings. The average molecular weight is 410 g/mol. The van der Waals surface area contributed by atoms with Gasteiger partial charge in [0.2, 0.25) is 0 Å². The summed E-state index contributed by atoms with van der Waals surface area (Å²) >= 11 is 0. The zero-order valence-corrected chi connectivity index (χ0v) is 17.4. The first-order valence-electron chi connectivity index (χ1n) is 10.7. The molecule has 30 heavy (non-hydrogen) atoms. The molecule has 2 heterocycles. The van der Waals surface area contributed by atoms with Crippen molar-refractivity contribution >= 4 is 23.0 Å². The van der Waals surface area contributed by atoms with E-state index in [0.717, 1.165) is 45.0 Å². The van der Waals surface area contributed by atoms with Crippen LogP contribution in [0.4, 0.5) is 17.1 Å². The van der Waals surface area contributed by atoms with Crippen molar-refractivity contribution in [2.45, 2.75) is 0 Å². The van der Waals surface area contributed by atoms with E-state index in [-0.39, 0.29) is 5.91 Å². The standard InChI is InChI=1S/C23H31N5O2/c24-19-6-7-22(21(18-19)23(29)28-14-16-30-17-15-28)25-8-9-26-10-12-27(13-11-26)20-4-2-1-3-5-20/h1-7,18,25H,8-17,24H2. The summed E-state index contributed by atoms with van der Waals surface area (Å²) in [4.78, 5) is 19.7. The Balaban J connectivity index is 1.29. The van der Waals surface area contributed by atoms with Gasteiger partial charge in [-0.25, -0.2) is 0 Å². The Kier molecular flexibility index (Phi) is 6.71. The summed E-state index contributed by atoms with van der Waals surface area (Å²) in [5.41, 5.74) is 9.36. The fourth-order valence-corrected chi connectivity index (χ4v) is 4.05. The van der Waals surface area contributed by atoms with Crippen molar-refractivity contribution in [1.82, 2.24) is 9.80 Å². The summed E-state index contributed by atoms with van der Waals surface area (Å²) in [5.74, 6) is 0.0181. The van der Waals surface area contributed by atoms with Crippen molar-refractivity contribution in [1.29, 1.82) is 0 Å². The molecule has 0 unspecified atom stereocenters. The van der Waals surface area contributed by atoms with Gasteiger partial charge in [-0.3, -0.25) is 9.69 Å².